The van der Waals surface area contributed by atoms with Gasteiger partial charge >= 0.3 is 0 Å². The van der Waals surface area contributed by atoms with Crippen molar-refractivity contribution in [1.29, 1.82) is 0 Å². The van der Waals surface area contributed by atoms with E-state index in [2.05, 4.69) is 19.2 Å². The molecule has 144 valence electrons. The third-order valence-corrected chi connectivity index (χ3v) is 5.45. The maximum Gasteiger partial charge on any atom is 0.239 e. The van der Waals surface area contributed by atoms with Gasteiger partial charge in [-0.2, -0.15) is 0 Å². The number of para-hydroxylation sites is 1. The van der Waals surface area contributed by atoms with E-state index >= 15 is 0 Å². The maximum absolute atomic E-state index is 12.8. The Morgan fingerprint density at radius 2 is 1.77 bits per heavy atom. The minimum absolute atomic E-state index is 0.0643. The Balaban J connectivity index is 1.94. The highest BCUT2D eigenvalue weighted by Crippen LogP contribution is 2.29. The molecule has 2 rings (SSSR count). The molecule has 0 aliphatic carbocycles. The van der Waals surface area contributed by atoms with Crippen LogP contribution in [0.25, 0.3) is 0 Å². The van der Waals surface area contributed by atoms with Crippen LogP contribution in [0.5, 0.6) is 0 Å². The molecular formula is C19H27Cl2N3O2. The van der Waals surface area contributed by atoms with Gasteiger partial charge in [0.15, 0.2) is 0 Å². The first-order chi connectivity index (χ1) is 12.2. The number of hydrogen-bond donors (Lipinski definition) is 1. The van der Waals surface area contributed by atoms with E-state index in [4.69, 9.17) is 23.2 Å². The quantitative estimate of drug-likeness (QED) is 0.819. The van der Waals surface area contributed by atoms with Crippen LogP contribution in [0.4, 0.5) is 5.69 Å². The van der Waals surface area contributed by atoms with Gasteiger partial charge in [-0.15, -0.1) is 0 Å². The minimum Gasteiger partial charge on any atom is -0.341 e. The van der Waals surface area contributed by atoms with Gasteiger partial charge in [0.2, 0.25) is 11.8 Å². The van der Waals surface area contributed by atoms with Gasteiger partial charge in [0.25, 0.3) is 0 Å². The molecule has 0 radical (unpaired) electrons. The molecule has 1 saturated heterocycles. The van der Waals surface area contributed by atoms with Crippen LogP contribution < -0.4 is 5.32 Å². The summed E-state index contributed by atoms with van der Waals surface area (Å²) in [4.78, 5) is 28.8. The van der Waals surface area contributed by atoms with Crippen molar-refractivity contribution in [2.24, 2.45) is 11.8 Å². The predicted octanol–water partition coefficient (Wildman–Crippen LogP) is 3.76. The van der Waals surface area contributed by atoms with Crippen LogP contribution in [0, 0.1) is 11.8 Å². The number of nitrogens with one attached hydrogen (secondary N) is 1. The standard InChI is InChI=1S/C19H27Cl2N3O2/c1-12-8-13(2)10-24(9-12)19(26)14(3)23(4)11-17(25)22-18-15(20)6-5-7-16(18)21/h5-7,12-14H,8-11H2,1-4H3,(H,22,25)/t12-,13+,14-/m1/s1. The van der Waals surface area contributed by atoms with E-state index in [0.717, 1.165) is 19.5 Å². The number of likely N-dealkylation sites (tertiary alicyclic amines) is 1. The number of piperidine rings is 1. The van der Waals surface area contributed by atoms with Gasteiger partial charge in [-0.05, 0) is 44.4 Å². The van der Waals surface area contributed by atoms with Crippen molar-refractivity contribution >= 4 is 40.7 Å². The van der Waals surface area contributed by atoms with Crippen LogP contribution in [-0.2, 0) is 9.59 Å². The van der Waals surface area contributed by atoms with Crippen molar-refractivity contribution in [2.75, 3.05) is 32.0 Å². The summed E-state index contributed by atoms with van der Waals surface area (Å²) in [6.07, 6.45) is 1.15. The Bertz CT molecular complexity index is 638. The second-order valence-electron chi connectivity index (χ2n) is 7.43. The van der Waals surface area contributed by atoms with E-state index in [1.807, 2.05) is 11.8 Å². The Morgan fingerprint density at radius 1 is 1.23 bits per heavy atom. The van der Waals surface area contributed by atoms with Crippen LogP contribution in [0.3, 0.4) is 0 Å². The Labute approximate surface area is 165 Å². The number of amides is 2. The third kappa shape index (κ3) is 5.35. The highest BCUT2D eigenvalue weighted by Gasteiger charge is 2.30. The molecule has 1 aromatic rings. The van der Waals surface area contributed by atoms with Gasteiger partial charge in [-0.25, -0.2) is 0 Å². The first-order valence-corrected chi connectivity index (χ1v) is 9.67. The number of likely N-dealkylation sites (N-methyl/N-ethyl adjacent to an activating group) is 1. The van der Waals surface area contributed by atoms with E-state index in [9.17, 15) is 9.59 Å². The van der Waals surface area contributed by atoms with Crippen LogP contribution in [0.2, 0.25) is 10.0 Å². The van der Waals surface area contributed by atoms with Crippen LogP contribution in [0.15, 0.2) is 18.2 Å². The summed E-state index contributed by atoms with van der Waals surface area (Å²) in [6, 6.07) is 4.67. The number of halogens is 2. The fraction of sp³-hybridized carbons (Fsp3) is 0.579. The van der Waals surface area contributed by atoms with Crippen molar-refractivity contribution in [1.82, 2.24) is 9.80 Å². The predicted molar refractivity (Wildman–Crippen MR) is 107 cm³/mol. The van der Waals surface area contributed by atoms with Crippen LogP contribution in [-0.4, -0.2) is 54.3 Å². The average molecular weight is 400 g/mol. The van der Waals surface area contributed by atoms with Crippen molar-refractivity contribution in [3.63, 3.8) is 0 Å². The second kappa shape index (κ2) is 9.07. The number of nitrogens with zero attached hydrogens (tertiary/aromatic N) is 2. The molecule has 3 atom stereocenters. The van der Waals surface area contributed by atoms with Crippen molar-refractivity contribution in [3.05, 3.63) is 28.2 Å². The lowest BCUT2D eigenvalue weighted by atomic mass is 9.91. The van der Waals surface area contributed by atoms with Gasteiger partial charge in [0.1, 0.15) is 0 Å². The highest BCUT2D eigenvalue weighted by atomic mass is 35.5. The van der Waals surface area contributed by atoms with Gasteiger partial charge in [0.05, 0.1) is 28.3 Å². The lowest BCUT2D eigenvalue weighted by Crippen LogP contribution is -2.51. The van der Waals surface area contributed by atoms with Crippen LogP contribution >= 0.6 is 23.2 Å². The lowest BCUT2D eigenvalue weighted by Gasteiger charge is -2.38. The normalized spacial score (nSPS) is 21.6. The van der Waals surface area contributed by atoms with Gasteiger partial charge in [0, 0.05) is 13.1 Å². The Kier molecular flexibility index (Phi) is 7.33. The second-order valence-corrected chi connectivity index (χ2v) is 8.24. The molecule has 1 aromatic carbocycles. The summed E-state index contributed by atoms with van der Waals surface area (Å²) in [5, 5.41) is 3.49. The highest BCUT2D eigenvalue weighted by molar-refractivity contribution is 6.39. The fourth-order valence-corrected chi connectivity index (χ4v) is 3.95. The molecular weight excluding hydrogens is 373 g/mol. The van der Waals surface area contributed by atoms with Gasteiger partial charge in [-0.3, -0.25) is 14.5 Å². The molecule has 1 aliphatic heterocycles. The van der Waals surface area contributed by atoms with E-state index in [-0.39, 0.29) is 24.4 Å². The zero-order chi connectivity index (χ0) is 19.4. The summed E-state index contributed by atoms with van der Waals surface area (Å²) in [5.74, 6) is 0.814. The molecule has 1 N–H and O–H groups in total. The van der Waals surface area contributed by atoms with Crippen LogP contribution in [0.1, 0.15) is 27.2 Å². The number of rotatable bonds is 5. The molecule has 7 heteroatoms. The minimum atomic E-state index is -0.375. The van der Waals surface area contributed by atoms with Gasteiger partial charge < -0.3 is 10.2 Å². The Hall–Kier alpha value is -1.30. The summed E-state index contributed by atoms with van der Waals surface area (Å²) in [6.45, 7) is 7.82. The van der Waals surface area contributed by atoms with E-state index < -0.39 is 0 Å². The number of benzene rings is 1. The molecule has 1 aliphatic rings. The number of hydrogen-bond acceptors (Lipinski definition) is 3. The van der Waals surface area contributed by atoms with E-state index in [1.165, 1.54) is 0 Å². The van der Waals surface area contributed by atoms with E-state index in [1.54, 1.807) is 30.1 Å². The topological polar surface area (TPSA) is 52.7 Å². The molecule has 0 unspecified atom stereocenters. The summed E-state index contributed by atoms with van der Waals surface area (Å²) >= 11 is 12.2. The zero-order valence-corrected chi connectivity index (χ0v) is 17.3. The monoisotopic (exact) mass is 399 g/mol. The van der Waals surface area contributed by atoms with Crippen molar-refractivity contribution < 1.29 is 9.59 Å². The molecule has 0 spiro atoms. The summed E-state index contributed by atoms with van der Waals surface area (Å²) in [5.41, 5.74) is 0.395. The largest absolute Gasteiger partial charge is 0.341 e. The average Bonchev–Trinajstić information content (AvgIpc) is 2.56. The molecule has 0 bridgehead atoms. The summed E-state index contributed by atoms with van der Waals surface area (Å²) < 4.78 is 0. The van der Waals surface area contributed by atoms with Crippen molar-refractivity contribution in [3.8, 4) is 0 Å². The maximum atomic E-state index is 12.8. The molecule has 1 heterocycles. The molecule has 26 heavy (non-hydrogen) atoms. The third-order valence-electron chi connectivity index (χ3n) is 4.82. The number of carbonyl (C=O) groups is 2. The van der Waals surface area contributed by atoms with E-state index in [0.29, 0.717) is 27.6 Å². The summed E-state index contributed by atoms with van der Waals surface area (Å²) in [7, 11) is 1.77. The number of carbonyl (C=O) groups excluding carboxylic acids is 2. The molecule has 1 fully saturated rings. The first kappa shape index (κ1) is 21.0. The van der Waals surface area contributed by atoms with Crippen molar-refractivity contribution in [2.45, 2.75) is 33.2 Å². The molecule has 0 saturated carbocycles. The molecule has 2 amide bonds. The molecule has 5 nitrogen and oxygen atoms in total. The SMILES string of the molecule is C[C@@H]1C[C@H](C)CN(C(=O)[C@@H](C)N(C)CC(=O)Nc2c(Cl)cccc2Cl)C1. The van der Waals surface area contributed by atoms with Gasteiger partial charge in [-0.1, -0.05) is 43.1 Å². The Morgan fingerprint density at radius 3 is 2.31 bits per heavy atom. The zero-order valence-electron chi connectivity index (χ0n) is 15.8. The first-order valence-electron chi connectivity index (χ1n) is 8.92. The smallest absolute Gasteiger partial charge is 0.239 e. The number of anilines is 1. The molecule has 0 aromatic heterocycles. The lowest BCUT2D eigenvalue weighted by molar-refractivity contribution is -0.139. The fourth-order valence-electron chi connectivity index (χ4n) is 3.46.